The van der Waals surface area contributed by atoms with Crippen molar-refractivity contribution < 1.29 is 0 Å². The van der Waals surface area contributed by atoms with E-state index in [0.717, 1.165) is 11.1 Å². The van der Waals surface area contributed by atoms with Gasteiger partial charge in [0.25, 0.3) is 0 Å². The second-order valence-electron chi connectivity index (χ2n) is 4.14. The Morgan fingerprint density at radius 1 is 0.944 bits per heavy atom. The van der Waals surface area contributed by atoms with Gasteiger partial charge in [0.05, 0.1) is 15.4 Å². The Morgan fingerprint density at radius 3 is 2.22 bits per heavy atom. The zero-order chi connectivity index (χ0) is 13.1. The number of nitrogens with zero attached hydrogens (tertiary/aromatic N) is 1. The van der Waals surface area contributed by atoms with E-state index in [4.69, 9.17) is 34.8 Å². The van der Waals surface area contributed by atoms with Gasteiger partial charge in [-0.15, -0.1) is 11.6 Å². The lowest BCUT2D eigenvalue weighted by Crippen LogP contribution is -2.02. The molecule has 18 heavy (non-hydrogen) atoms. The first-order valence-corrected chi connectivity index (χ1v) is 6.78. The summed E-state index contributed by atoms with van der Waals surface area (Å²) in [6.07, 6.45) is 3.54. The highest BCUT2D eigenvalue weighted by Crippen LogP contribution is 2.37. The monoisotopic (exact) mass is 299 g/mol. The van der Waals surface area contributed by atoms with Gasteiger partial charge in [-0.1, -0.05) is 36.2 Å². The van der Waals surface area contributed by atoms with Crippen LogP contribution in [0.25, 0.3) is 0 Å². The first-order valence-electron chi connectivity index (χ1n) is 5.58. The maximum atomic E-state index is 6.49. The molecule has 0 saturated carbocycles. The van der Waals surface area contributed by atoms with Gasteiger partial charge in [-0.3, -0.25) is 4.98 Å². The van der Waals surface area contributed by atoms with Crippen LogP contribution in [0.4, 0.5) is 0 Å². The van der Waals surface area contributed by atoms with E-state index in [2.05, 4.69) is 11.9 Å². The summed E-state index contributed by atoms with van der Waals surface area (Å²) in [4.78, 5) is 4.00. The molecule has 94 valence electrons. The van der Waals surface area contributed by atoms with Crippen molar-refractivity contribution >= 4 is 34.8 Å². The first-order chi connectivity index (χ1) is 8.59. The van der Waals surface area contributed by atoms with Crippen LogP contribution in [-0.2, 0) is 0 Å². The van der Waals surface area contributed by atoms with Crippen LogP contribution in [0.1, 0.15) is 29.3 Å². The number of rotatable bonds is 3. The average Bonchev–Trinajstić information content (AvgIpc) is 2.41. The van der Waals surface area contributed by atoms with Gasteiger partial charge in [-0.25, -0.2) is 0 Å². The summed E-state index contributed by atoms with van der Waals surface area (Å²) in [5, 5.41) is 0.921. The van der Waals surface area contributed by atoms with Crippen molar-refractivity contribution in [1.82, 2.24) is 4.98 Å². The Balaban J connectivity index is 2.25. The quantitative estimate of drug-likeness (QED) is 0.685. The minimum Gasteiger partial charge on any atom is -0.265 e. The Morgan fingerprint density at radius 2 is 1.61 bits per heavy atom. The molecule has 2 aromatic rings. The molecule has 1 nitrogen and oxygen atoms in total. The van der Waals surface area contributed by atoms with Gasteiger partial charge in [0.2, 0.25) is 0 Å². The summed E-state index contributed by atoms with van der Waals surface area (Å²) in [7, 11) is 0. The zero-order valence-corrected chi connectivity index (χ0v) is 12.0. The van der Waals surface area contributed by atoms with Crippen LogP contribution in [0.15, 0.2) is 42.7 Å². The maximum Gasteiger partial charge on any atom is 0.0651 e. The van der Waals surface area contributed by atoms with E-state index in [1.807, 2.05) is 24.3 Å². The molecule has 0 amide bonds. The van der Waals surface area contributed by atoms with Gasteiger partial charge < -0.3 is 0 Å². The molecule has 1 heterocycles. The molecule has 4 heteroatoms. The number of benzene rings is 1. The van der Waals surface area contributed by atoms with E-state index >= 15 is 0 Å². The van der Waals surface area contributed by atoms with Crippen molar-refractivity contribution in [2.45, 2.75) is 18.2 Å². The van der Waals surface area contributed by atoms with Crippen molar-refractivity contribution in [3.8, 4) is 0 Å². The van der Waals surface area contributed by atoms with E-state index in [9.17, 15) is 0 Å². The minimum absolute atomic E-state index is 0.151. The lowest BCUT2D eigenvalue weighted by atomic mass is 9.94. The molecule has 0 aliphatic heterocycles. The van der Waals surface area contributed by atoms with Crippen molar-refractivity contribution in [2.24, 2.45) is 0 Å². The van der Waals surface area contributed by atoms with Crippen LogP contribution in [0.5, 0.6) is 0 Å². The lowest BCUT2D eigenvalue weighted by molar-refractivity contribution is 0.730. The Labute approximate surface area is 122 Å². The third-order valence-corrected chi connectivity index (χ3v) is 4.30. The van der Waals surface area contributed by atoms with Crippen molar-refractivity contribution in [3.05, 3.63) is 63.9 Å². The molecular weight excluding hydrogens is 289 g/mol. The first kappa shape index (κ1) is 13.7. The molecule has 0 bridgehead atoms. The fourth-order valence-electron chi connectivity index (χ4n) is 1.81. The highest BCUT2D eigenvalue weighted by Gasteiger charge is 2.19. The normalized spacial score (nSPS) is 14.2. The third-order valence-electron chi connectivity index (χ3n) is 2.93. The van der Waals surface area contributed by atoms with Crippen molar-refractivity contribution in [2.75, 3.05) is 0 Å². The smallest absolute Gasteiger partial charge is 0.0651 e. The number of alkyl halides is 1. The van der Waals surface area contributed by atoms with Gasteiger partial charge in [-0.05, 0) is 35.4 Å². The van der Waals surface area contributed by atoms with Crippen LogP contribution < -0.4 is 0 Å². The molecule has 2 unspecified atom stereocenters. The maximum absolute atomic E-state index is 6.49. The number of pyridine rings is 1. The number of aromatic nitrogens is 1. The Bertz CT molecular complexity index is 528. The van der Waals surface area contributed by atoms with E-state index in [1.165, 1.54) is 0 Å². The molecule has 0 saturated heterocycles. The Kier molecular flexibility index (Phi) is 4.50. The summed E-state index contributed by atoms with van der Waals surface area (Å²) in [5.41, 5.74) is 2.12. The SMILES string of the molecule is CC(c1ccncc1)C(Cl)c1ccc(Cl)c(Cl)c1. The number of hydrogen-bond donors (Lipinski definition) is 0. The molecule has 1 aromatic carbocycles. The van der Waals surface area contributed by atoms with Gasteiger partial charge in [0, 0.05) is 18.3 Å². The molecular formula is C14H12Cl3N. The zero-order valence-electron chi connectivity index (χ0n) is 9.78. The molecule has 0 fully saturated rings. The van der Waals surface area contributed by atoms with E-state index in [-0.39, 0.29) is 11.3 Å². The standard InChI is InChI=1S/C14H12Cl3N/c1-9(10-4-6-18-7-5-10)14(17)11-2-3-12(15)13(16)8-11/h2-9,14H,1H3. The summed E-state index contributed by atoms with van der Waals surface area (Å²) >= 11 is 18.4. The fraction of sp³-hybridized carbons (Fsp3) is 0.214. The molecule has 0 radical (unpaired) electrons. The van der Waals surface area contributed by atoms with Crippen molar-refractivity contribution in [3.63, 3.8) is 0 Å². The fourth-order valence-corrected chi connectivity index (χ4v) is 2.40. The molecule has 1 aromatic heterocycles. The number of halogens is 3. The van der Waals surface area contributed by atoms with Gasteiger partial charge >= 0.3 is 0 Å². The lowest BCUT2D eigenvalue weighted by Gasteiger charge is -2.19. The summed E-state index contributed by atoms with van der Waals surface area (Å²) in [6, 6.07) is 9.44. The highest BCUT2D eigenvalue weighted by atomic mass is 35.5. The second kappa shape index (κ2) is 5.92. The topological polar surface area (TPSA) is 12.9 Å². The third kappa shape index (κ3) is 2.97. The minimum atomic E-state index is -0.151. The predicted molar refractivity (Wildman–Crippen MR) is 77.7 cm³/mol. The summed E-state index contributed by atoms with van der Waals surface area (Å²) in [6.45, 7) is 2.08. The van der Waals surface area contributed by atoms with E-state index in [0.29, 0.717) is 10.0 Å². The van der Waals surface area contributed by atoms with E-state index < -0.39 is 0 Å². The van der Waals surface area contributed by atoms with Gasteiger partial charge in [-0.2, -0.15) is 0 Å². The second-order valence-corrected chi connectivity index (χ2v) is 5.43. The van der Waals surface area contributed by atoms with Crippen LogP contribution >= 0.6 is 34.8 Å². The molecule has 0 aliphatic rings. The molecule has 2 rings (SSSR count). The van der Waals surface area contributed by atoms with Gasteiger partial charge in [0.1, 0.15) is 0 Å². The average molecular weight is 301 g/mol. The van der Waals surface area contributed by atoms with Crippen LogP contribution in [0, 0.1) is 0 Å². The molecule has 2 atom stereocenters. The predicted octanol–water partition coefficient (Wildman–Crippen LogP) is 5.47. The van der Waals surface area contributed by atoms with Crippen LogP contribution in [-0.4, -0.2) is 4.98 Å². The summed E-state index contributed by atoms with van der Waals surface area (Å²) < 4.78 is 0. The van der Waals surface area contributed by atoms with Crippen molar-refractivity contribution in [1.29, 1.82) is 0 Å². The van der Waals surface area contributed by atoms with Crippen LogP contribution in [0.2, 0.25) is 10.0 Å². The molecule has 0 N–H and O–H groups in total. The van der Waals surface area contributed by atoms with Gasteiger partial charge in [0.15, 0.2) is 0 Å². The summed E-state index contributed by atoms with van der Waals surface area (Å²) in [5.74, 6) is 0.173. The number of hydrogen-bond acceptors (Lipinski definition) is 1. The molecule has 0 aliphatic carbocycles. The largest absolute Gasteiger partial charge is 0.265 e. The van der Waals surface area contributed by atoms with Crippen LogP contribution in [0.3, 0.4) is 0 Å². The highest BCUT2D eigenvalue weighted by molar-refractivity contribution is 6.42. The Hall–Kier alpha value is -0.760. The molecule has 0 spiro atoms. The van der Waals surface area contributed by atoms with E-state index in [1.54, 1.807) is 18.5 Å².